The molecule has 1 aromatic heterocycles. The molecule has 0 saturated carbocycles. The molecule has 0 fully saturated rings. The molecule has 0 aromatic carbocycles. The van der Waals surface area contributed by atoms with E-state index >= 15 is 0 Å². The molecule has 2 heterocycles. The van der Waals surface area contributed by atoms with E-state index in [1.807, 2.05) is 0 Å². The number of carbonyl (C=O) groups is 1. The van der Waals surface area contributed by atoms with Crippen molar-refractivity contribution in [2.75, 3.05) is 13.6 Å². The maximum absolute atomic E-state index is 11.6. The smallest absolute Gasteiger partial charge is 0.270 e. The Hall–Kier alpha value is -1.78. The Labute approximate surface area is 80.2 Å². The van der Waals surface area contributed by atoms with E-state index in [2.05, 4.69) is 0 Å². The lowest BCUT2D eigenvalue weighted by Crippen LogP contribution is -2.38. The minimum Gasteiger partial charge on any atom is -0.503 e. The van der Waals surface area contributed by atoms with Crippen LogP contribution in [0, 0.1) is 0 Å². The van der Waals surface area contributed by atoms with Gasteiger partial charge in [0.25, 0.3) is 5.91 Å². The van der Waals surface area contributed by atoms with Crippen LogP contribution in [-0.2, 0) is 6.54 Å². The Morgan fingerprint density at radius 3 is 2.79 bits per heavy atom. The molecule has 1 N–H and O–H groups in total. The molecule has 74 valence electrons. The summed E-state index contributed by atoms with van der Waals surface area (Å²) >= 11 is 0. The minimum absolute atomic E-state index is 0.187. The minimum atomic E-state index is -0.514. The molecular weight excluding hydrogens is 184 g/mol. The zero-order valence-electron chi connectivity index (χ0n) is 7.73. The summed E-state index contributed by atoms with van der Waals surface area (Å²) in [6.45, 7) is 1.19. The maximum Gasteiger partial charge on any atom is 0.270 e. The van der Waals surface area contributed by atoms with E-state index in [4.69, 9.17) is 5.11 Å². The second-order valence-electron chi connectivity index (χ2n) is 3.33. The van der Waals surface area contributed by atoms with Gasteiger partial charge < -0.3 is 14.6 Å². The molecule has 0 spiro atoms. The summed E-state index contributed by atoms with van der Waals surface area (Å²) in [5.41, 5.74) is -0.179. The highest BCUT2D eigenvalue weighted by Gasteiger charge is 2.21. The number of aromatic hydroxyl groups is 1. The van der Waals surface area contributed by atoms with Gasteiger partial charge >= 0.3 is 0 Å². The van der Waals surface area contributed by atoms with Crippen LogP contribution in [0.5, 0.6) is 5.75 Å². The quantitative estimate of drug-likeness (QED) is 0.613. The highest BCUT2D eigenvalue weighted by Crippen LogP contribution is 2.11. The lowest BCUT2D eigenvalue weighted by Gasteiger charge is -2.26. The maximum atomic E-state index is 11.6. The highest BCUT2D eigenvalue weighted by molar-refractivity contribution is 5.93. The lowest BCUT2D eigenvalue weighted by molar-refractivity contribution is 0.0746. The van der Waals surface area contributed by atoms with Crippen LogP contribution in [0.3, 0.4) is 0 Å². The first kappa shape index (κ1) is 8.80. The zero-order valence-corrected chi connectivity index (χ0v) is 7.73. The van der Waals surface area contributed by atoms with Crippen LogP contribution in [-0.4, -0.2) is 34.1 Å². The standard InChI is InChI=1S/C9H10N2O3/c1-10-2-3-11-5-8(13)7(12)4-6(11)9(10)14/h4-5,13H,2-3H2,1H3. The van der Waals surface area contributed by atoms with Crippen molar-refractivity contribution in [1.82, 2.24) is 9.47 Å². The summed E-state index contributed by atoms with van der Waals surface area (Å²) in [7, 11) is 1.68. The van der Waals surface area contributed by atoms with Crippen LogP contribution in [0.4, 0.5) is 0 Å². The van der Waals surface area contributed by atoms with E-state index in [1.165, 1.54) is 12.3 Å². The number of nitrogens with zero attached hydrogens (tertiary/aromatic N) is 2. The molecular formula is C9H10N2O3. The first-order valence-electron chi connectivity index (χ1n) is 4.28. The average Bonchev–Trinajstić information content (AvgIpc) is 2.15. The van der Waals surface area contributed by atoms with Gasteiger partial charge in [-0.1, -0.05) is 0 Å². The fourth-order valence-electron chi connectivity index (χ4n) is 1.49. The predicted octanol–water partition coefficient (Wildman–Crippen LogP) is -0.360. The Morgan fingerprint density at radius 1 is 1.36 bits per heavy atom. The van der Waals surface area contributed by atoms with Gasteiger partial charge in [0.05, 0.1) is 6.20 Å². The molecule has 1 amide bonds. The third kappa shape index (κ3) is 1.17. The number of hydrogen-bond donors (Lipinski definition) is 1. The summed E-state index contributed by atoms with van der Waals surface area (Å²) in [6.07, 6.45) is 1.31. The number of pyridine rings is 1. The van der Waals surface area contributed by atoms with Crippen LogP contribution in [0.25, 0.3) is 0 Å². The van der Waals surface area contributed by atoms with Crippen LogP contribution < -0.4 is 5.43 Å². The fraction of sp³-hybridized carbons (Fsp3) is 0.333. The highest BCUT2D eigenvalue weighted by atomic mass is 16.3. The molecule has 0 radical (unpaired) electrons. The van der Waals surface area contributed by atoms with Crippen molar-refractivity contribution in [2.24, 2.45) is 0 Å². The van der Waals surface area contributed by atoms with Gasteiger partial charge in [-0.15, -0.1) is 0 Å². The summed E-state index contributed by atoms with van der Waals surface area (Å²) in [6, 6.07) is 1.17. The van der Waals surface area contributed by atoms with E-state index < -0.39 is 5.43 Å². The number of aromatic nitrogens is 1. The molecule has 0 saturated heterocycles. The molecule has 0 aliphatic carbocycles. The zero-order chi connectivity index (χ0) is 10.3. The summed E-state index contributed by atoms with van der Waals surface area (Å²) in [4.78, 5) is 24.2. The lowest BCUT2D eigenvalue weighted by atomic mass is 10.2. The molecule has 2 rings (SSSR count). The fourth-order valence-corrected chi connectivity index (χ4v) is 1.49. The Morgan fingerprint density at radius 2 is 2.07 bits per heavy atom. The Kier molecular flexibility index (Phi) is 1.80. The topological polar surface area (TPSA) is 62.5 Å². The van der Waals surface area contributed by atoms with Gasteiger partial charge in [-0.05, 0) is 0 Å². The van der Waals surface area contributed by atoms with Crippen LogP contribution >= 0.6 is 0 Å². The SMILES string of the molecule is CN1CCn2cc(O)c(=O)cc2C1=O. The van der Waals surface area contributed by atoms with E-state index in [-0.39, 0.29) is 11.7 Å². The molecule has 14 heavy (non-hydrogen) atoms. The Balaban J connectivity index is 2.61. The van der Waals surface area contributed by atoms with Crippen LogP contribution in [0.15, 0.2) is 17.1 Å². The van der Waals surface area contributed by atoms with Gasteiger partial charge in [0.1, 0.15) is 5.69 Å². The van der Waals surface area contributed by atoms with E-state index in [9.17, 15) is 9.59 Å². The number of carbonyl (C=O) groups excluding carboxylic acids is 1. The molecule has 1 aromatic rings. The molecule has 5 heteroatoms. The molecule has 1 aliphatic rings. The molecule has 5 nitrogen and oxygen atoms in total. The van der Waals surface area contributed by atoms with E-state index in [0.29, 0.717) is 18.8 Å². The van der Waals surface area contributed by atoms with E-state index in [0.717, 1.165) is 0 Å². The Bertz CT molecular complexity index is 450. The van der Waals surface area contributed by atoms with Crippen molar-refractivity contribution in [2.45, 2.75) is 6.54 Å². The number of amides is 1. The van der Waals surface area contributed by atoms with Gasteiger partial charge in [-0.25, -0.2) is 0 Å². The van der Waals surface area contributed by atoms with Crippen molar-refractivity contribution in [3.05, 3.63) is 28.2 Å². The third-order valence-electron chi connectivity index (χ3n) is 2.35. The average molecular weight is 194 g/mol. The van der Waals surface area contributed by atoms with Gasteiger partial charge in [-0.2, -0.15) is 0 Å². The second-order valence-corrected chi connectivity index (χ2v) is 3.33. The van der Waals surface area contributed by atoms with Crippen molar-refractivity contribution in [3.63, 3.8) is 0 Å². The third-order valence-corrected chi connectivity index (χ3v) is 2.35. The first-order valence-corrected chi connectivity index (χ1v) is 4.28. The van der Waals surface area contributed by atoms with Crippen molar-refractivity contribution < 1.29 is 9.90 Å². The van der Waals surface area contributed by atoms with Crippen LogP contribution in [0.2, 0.25) is 0 Å². The molecule has 1 aliphatic heterocycles. The van der Waals surface area contributed by atoms with Crippen molar-refractivity contribution in [3.8, 4) is 5.75 Å². The van der Waals surface area contributed by atoms with Gasteiger partial charge in [0.2, 0.25) is 5.43 Å². The van der Waals surface area contributed by atoms with Gasteiger partial charge in [0, 0.05) is 26.2 Å². The largest absolute Gasteiger partial charge is 0.503 e. The van der Waals surface area contributed by atoms with Crippen LogP contribution in [0.1, 0.15) is 10.5 Å². The second kappa shape index (κ2) is 2.87. The normalized spacial score (nSPS) is 15.5. The van der Waals surface area contributed by atoms with Gasteiger partial charge in [0.15, 0.2) is 5.75 Å². The molecule has 0 atom stereocenters. The summed E-state index contributed by atoms with van der Waals surface area (Å²) in [5.74, 6) is -0.501. The number of rotatable bonds is 0. The van der Waals surface area contributed by atoms with Crippen molar-refractivity contribution >= 4 is 5.91 Å². The number of likely N-dealkylation sites (N-methyl/N-ethyl adjacent to an activating group) is 1. The number of fused-ring (bicyclic) bond motifs is 1. The molecule has 0 unspecified atom stereocenters. The summed E-state index contributed by atoms with van der Waals surface area (Å²) in [5, 5.41) is 9.17. The summed E-state index contributed by atoms with van der Waals surface area (Å²) < 4.78 is 1.60. The van der Waals surface area contributed by atoms with E-state index in [1.54, 1.807) is 16.5 Å². The van der Waals surface area contributed by atoms with Crippen molar-refractivity contribution in [1.29, 1.82) is 0 Å². The first-order chi connectivity index (χ1) is 6.59. The predicted molar refractivity (Wildman–Crippen MR) is 49.3 cm³/mol. The number of hydrogen-bond acceptors (Lipinski definition) is 3. The van der Waals surface area contributed by atoms with Gasteiger partial charge in [-0.3, -0.25) is 9.59 Å². The monoisotopic (exact) mass is 194 g/mol. The molecule has 0 bridgehead atoms.